The summed E-state index contributed by atoms with van der Waals surface area (Å²) in [5.41, 5.74) is 2.24. The first-order valence-electron chi connectivity index (χ1n) is 10.9. The van der Waals surface area contributed by atoms with Crippen LogP contribution in [-0.4, -0.2) is 44.7 Å². The van der Waals surface area contributed by atoms with Gasteiger partial charge in [-0.15, -0.1) is 0 Å². The molecule has 0 aromatic heterocycles. The Hall–Kier alpha value is -2.76. The SMILES string of the molecule is COc1ccccc1N1CCN(CC[C@@H](Oc2ccc(F)c(Cl)c2)c2ccccc2)CC1. The first-order chi connectivity index (χ1) is 15.6. The van der Waals surface area contributed by atoms with E-state index in [1.807, 2.05) is 36.4 Å². The summed E-state index contributed by atoms with van der Waals surface area (Å²) in [5, 5.41) is 0.0711. The van der Waals surface area contributed by atoms with Gasteiger partial charge >= 0.3 is 0 Å². The van der Waals surface area contributed by atoms with E-state index in [1.54, 1.807) is 19.2 Å². The van der Waals surface area contributed by atoms with Crippen molar-refractivity contribution in [3.05, 3.63) is 89.2 Å². The van der Waals surface area contributed by atoms with Crippen LogP contribution in [0, 0.1) is 5.82 Å². The molecular formula is C26H28ClFN2O2. The van der Waals surface area contributed by atoms with E-state index in [2.05, 4.69) is 28.0 Å². The molecule has 0 N–H and O–H groups in total. The minimum atomic E-state index is -0.441. The Morgan fingerprint density at radius 1 is 0.938 bits per heavy atom. The molecule has 168 valence electrons. The van der Waals surface area contributed by atoms with E-state index in [4.69, 9.17) is 21.1 Å². The van der Waals surface area contributed by atoms with Gasteiger partial charge in [0, 0.05) is 45.2 Å². The molecule has 1 aliphatic heterocycles. The monoisotopic (exact) mass is 454 g/mol. The molecule has 0 saturated carbocycles. The number of methoxy groups -OCH3 is 1. The van der Waals surface area contributed by atoms with E-state index in [1.165, 1.54) is 6.07 Å². The van der Waals surface area contributed by atoms with E-state index in [0.717, 1.165) is 56.1 Å². The molecule has 4 rings (SSSR count). The first-order valence-corrected chi connectivity index (χ1v) is 11.3. The number of nitrogens with zero attached hydrogens (tertiary/aromatic N) is 2. The second kappa shape index (κ2) is 10.7. The number of rotatable bonds is 8. The Balaban J connectivity index is 1.38. The van der Waals surface area contributed by atoms with Gasteiger partial charge < -0.3 is 14.4 Å². The van der Waals surface area contributed by atoms with Crippen molar-refractivity contribution >= 4 is 17.3 Å². The topological polar surface area (TPSA) is 24.9 Å². The van der Waals surface area contributed by atoms with Crippen molar-refractivity contribution in [2.45, 2.75) is 12.5 Å². The number of benzene rings is 3. The second-order valence-electron chi connectivity index (χ2n) is 7.88. The van der Waals surface area contributed by atoms with Gasteiger partial charge in [-0.05, 0) is 29.8 Å². The fraction of sp³-hybridized carbons (Fsp3) is 0.308. The molecule has 3 aromatic rings. The summed E-state index contributed by atoms with van der Waals surface area (Å²) in [5.74, 6) is 1.05. The third-order valence-electron chi connectivity index (χ3n) is 5.85. The summed E-state index contributed by atoms with van der Waals surface area (Å²) in [4.78, 5) is 4.84. The van der Waals surface area contributed by atoms with Crippen molar-refractivity contribution < 1.29 is 13.9 Å². The van der Waals surface area contributed by atoms with Crippen LogP contribution in [0.5, 0.6) is 11.5 Å². The number of hydrogen-bond donors (Lipinski definition) is 0. The van der Waals surface area contributed by atoms with Crippen molar-refractivity contribution in [1.82, 2.24) is 4.90 Å². The van der Waals surface area contributed by atoms with E-state index < -0.39 is 5.82 Å². The lowest BCUT2D eigenvalue weighted by atomic mass is 10.1. The van der Waals surface area contributed by atoms with Crippen LogP contribution in [0.4, 0.5) is 10.1 Å². The summed E-state index contributed by atoms with van der Waals surface area (Å²) < 4.78 is 25.3. The predicted molar refractivity (Wildman–Crippen MR) is 127 cm³/mol. The second-order valence-corrected chi connectivity index (χ2v) is 8.29. The average molecular weight is 455 g/mol. The molecule has 0 amide bonds. The van der Waals surface area contributed by atoms with Crippen LogP contribution in [0.2, 0.25) is 5.02 Å². The average Bonchev–Trinajstić information content (AvgIpc) is 2.85. The molecule has 0 radical (unpaired) electrons. The molecule has 1 saturated heterocycles. The Morgan fingerprint density at radius 2 is 1.66 bits per heavy atom. The zero-order valence-corrected chi connectivity index (χ0v) is 19.0. The van der Waals surface area contributed by atoms with Gasteiger partial charge in [0.15, 0.2) is 0 Å². The number of ether oxygens (including phenoxy) is 2. The van der Waals surface area contributed by atoms with E-state index >= 15 is 0 Å². The van der Waals surface area contributed by atoms with Crippen LogP contribution in [0.1, 0.15) is 18.1 Å². The highest BCUT2D eigenvalue weighted by Crippen LogP contribution is 2.30. The van der Waals surface area contributed by atoms with Crippen molar-refractivity contribution in [2.24, 2.45) is 0 Å². The van der Waals surface area contributed by atoms with E-state index in [-0.39, 0.29) is 11.1 Å². The van der Waals surface area contributed by atoms with Gasteiger partial charge in [-0.3, -0.25) is 4.90 Å². The molecule has 0 bridgehead atoms. The van der Waals surface area contributed by atoms with Gasteiger partial charge in [0.2, 0.25) is 0 Å². The third kappa shape index (κ3) is 5.53. The minimum Gasteiger partial charge on any atom is -0.495 e. The number of piperazine rings is 1. The van der Waals surface area contributed by atoms with Crippen LogP contribution in [0.15, 0.2) is 72.8 Å². The summed E-state index contributed by atoms with van der Waals surface area (Å²) in [6.07, 6.45) is 0.693. The smallest absolute Gasteiger partial charge is 0.142 e. The molecule has 1 heterocycles. The lowest BCUT2D eigenvalue weighted by molar-refractivity contribution is 0.160. The maximum Gasteiger partial charge on any atom is 0.142 e. The third-order valence-corrected chi connectivity index (χ3v) is 6.14. The Morgan fingerprint density at radius 3 is 2.38 bits per heavy atom. The van der Waals surface area contributed by atoms with Gasteiger partial charge in [0.05, 0.1) is 17.8 Å². The van der Waals surface area contributed by atoms with Crippen molar-refractivity contribution in [1.29, 1.82) is 0 Å². The molecule has 1 atom stereocenters. The van der Waals surface area contributed by atoms with Crippen LogP contribution >= 0.6 is 11.6 Å². The van der Waals surface area contributed by atoms with Crippen LogP contribution in [-0.2, 0) is 0 Å². The number of halogens is 2. The highest BCUT2D eigenvalue weighted by atomic mass is 35.5. The minimum absolute atomic E-state index is 0.0711. The van der Waals surface area contributed by atoms with Crippen molar-refractivity contribution in [2.75, 3.05) is 44.7 Å². The number of hydrogen-bond acceptors (Lipinski definition) is 4. The first kappa shape index (κ1) is 22.4. The Kier molecular flexibility index (Phi) is 7.51. The molecule has 1 fully saturated rings. The number of anilines is 1. The summed E-state index contributed by atoms with van der Waals surface area (Å²) >= 11 is 5.95. The highest BCUT2D eigenvalue weighted by molar-refractivity contribution is 6.30. The molecule has 1 aliphatic rings. The van der Waals surface area contributed by atoms with Gasteiger partial charge in [-0.2, -0.15) is 0 Å². The maximum atomic E-state index is 13.5. The summed E-state index contributed by atoms with van der Waals surface area (Å²) in [7, 11) is 1.72. The zero-order valence-electron chi connectivity index (χ0n) is 18.2. The molecule has 0 unspecified atom stereocenters. The summed E-state index contributed by atoms with van der Waals surface area (Å²) in [6, 6.07) is 22.8. The zero-order chi connectivity index (χ0) is 22.3. The molecule has 3 aromatic carbocycles. The lowest BCUT2D eigenvalue weighted by Gasteiger charge is -2.37. The fourth-order valence-corrected chi connectivity index (χ4v) is 4.25. The van der Waals surface area contributed by atoms with Crippen molar-refractivity contribution in [3.63, 3.8) is 0 Å². The highest BCUT2D eigenvalue weighted by Gasteiger charge is 2.21. The van der Waals surface area contributed by atoms with Crippen molar-refractivity contribution in [3.8, 4) is 11.5 Å². The molecule has 6 heteroatoms. The Labute approximate surface area is 194 Å². The van der Waals surface area contributed by atoms with E-state index in [0.29, 0.717) is 5.75 Å². The van der Waals surface area contributed by atoms with Crippen LogP contribution < -0.4 is 14.4 Å². The van der Waals surface area contributed by atoms with E-state index in [9.17, 15) is 4.39 Å². The molecule has 4 nitrogen and oxygen atoms in total. The largest absolute Gasteiger partial charge is 0.495 e. The standard InChI is InChI=1S/C26H28ClFN2O2/c1-31-26-10-6-5-9-24(26)30-17-15-29(16-18-30)14-13-25(20-7-3-2-4-8-20)32-21-11-12-23(28)22(27)19-21/h2-12,19,25H,13-18H2,1H3/t25-/m1/s1. The van der Waals surface area contributed by atoms with Gasteiger partial charge in [0.1, 0.15) is 23.4 Å². The van der Waals surface area contributed by atoms with Crippen LogP contribution in [0.25, 0.3) is 0 Å². The fourth-order valence-electron chi connectivity index (χ4n) is 4.08. The van der Waals surface area contributed by atoms with Gasteiger partial charge in [-0.1, -0.05) is 54.1 Å². The molecule has 0 spiro atoms. The quantitative estimate of drug-likeness (QED) is 0.428. The summed E-state index contributed by atoms with van der Waals surface area (Å²) in [6.45, 7) is 4.76. The normalized spacial score (nSPS) is 15.4. The van der Waals surface area contributed by atoms with Crippen LogP contribution in [0.3, 0.4) is 0 Å². The Bertz CT molecular complexity index is 1010. The van der Waals surface area contributed by atoms with Gasteiger partial charge in [-0.25, -0.2) is 4.39 Å². The maximum absolute atomic E-state index is 13.5. The predicted octanol–water partition coefficient (Wildman–Crippen LogP) is 5.82. The number of para-hydroxylation sites is 2. The lowest BCUT2D eigenvalue weighted by Crippen LogP contribution is -2.47. The molecule has 0 aliphatic carbocycles. The molecule has 32 heavy (non-hydrogen) atoms. The van der Waals surface area contributed by atoms with Gasteiger partial charge in [0.25, 0.3) is 0 Å². The molecular weight excluding hydrogens is 427 g/mol.